The minimum absolute atomic E-state index is 0.00523. The molecule has 2 heterocycles. The Morgan fingerprint density at radius 1 is 1.04 bits per heavy atom. The van der Waals surface area contributed by atoms with Gasteiger partial charge in [0.15, 0.2) is 5.82 Å². The van der Waals surface area contributed by atoms with Gasteiger partial charge in [0.25, 0.3) is 0 Å². The van der Waals surface area contributed by atoms with Crippen LogP contribution in [0.2, 0.25) is 5.02 Å². The predicted octanol–water partition coefficient (Wildman–Crippen LogP) is 2.77. The molecule has 1 aliphatic heterocycles. The van der Waals surface area contributed by atoms with Crippen molar-refractivity contribution < 1.29 is 4.79 Å². The number of nitrogens with one attached hydrogen (secondary N) is 1. The largest absolute Gasteiger partial charge is 0.353 e. The molecule has 1 aromatic carbocycles. The lowest BCUT2D eigenvalue weighted by molar-refractivity contribution is -0.117. The highest BCUT2D eigenvalue weighted by Gasteiger charge is 2.26. The van der Waals surface area contributed by atoms with E-state index in [1.54, 1.807) is 12.1 Å². The number of piperazine rings is 1. The predicted molar refractivity (Wildman–Crippen MR) is 103 cm³/mol. The van der Waals surface area contributed by atoms with Gasteiger partial charge in [-0.2, -0.15) is 5.10 Å². The Bertz CT molecular complexity index is 753. The number of carbonyl (C=O) groups is 1. The van der Waals surface area contributed by atoms with Crippen LogP contribution in [0.3, 0.4) is 0 Å². The SMILES string of the molecule is O=C(CN1CCN(c2ccc(C3CC3)nn2)CC1)Nc1ccc(Cl)cc1. The van der Waals surface area contributed by atoms with Crippen molar-refractivity contribution in [2.45, 2.75) is 18.8 Å². The molecule has 1 N–H and O–H groups in total. The third kappa shape index (κ3) is 4.31. The van der Waals surface area contributed by atoms with E-state index < -0.39 is 0 Å². The molecular weight excluding hydrogens is 350 g/mol. The molecule has 2 aliphatic rings. The number of carbonyl (C=O) groups excluding carboxylic acids is 1. The summed E-state index contributed by atoms with van der Waals surface area (Å²) in [7, 11) is 0. The van der Waals surface area contributed by atoms with Crippen molar-refractivity contribution in [1.29, 1.82) is 0 Å². The summed E-state index contributed by atoms with van der Waals surface area (Å²) in [6.07, 6.45) is 2.48. The molecule has 26 heavy (non-hydrogen) atoms. The van der Waals surface area contributed by atoms with Gasteiger partial charge >= 0.3 is 0 Å². The molecule has 0 bridgehead atoms. The number of anilines is 2. The fraction of sp³-hybridized carbons (Fsp3) is 0.421. The minimum Gasteiger partial charge on any atom is -0.353 e. The van der Waals surface area contributed by atoms with Crippen molar-refractivity contribution >= 4 is 29.0 Å². The van der Waals surface area contributed by atoms with Crippen LogP contribution in [0.1, 0.15) is 24.5 Å². The molecule has 0 radical (unpaired) electrons. The third-order valence-electron chi connectivity index (χ3n) is 4.86. The van der Waals surface area contributed by atoms with Crippen LogP contribution in [0, 0.1) is 0 Å². The highest BCUT2D eigenvalue weighted by Crippen LogP contribution is 2.38. The van der Waals surface area contributed by atoms with Gasteiger partial charge in [0, 0.05) is 42.8 Å². The Balaban J connectivity index is 1.25. The van der Waals surface area contributed by atoms with Gasteiger partial charge in [-0.3, -0.25) is 9.69 Å². The Morgan fingerprint density at radius 3 is 2.38 bits per heavy atom. The van der Waals surface area contributed by atoms with Crippen molar-refractivity contribution in [3.05, 3.63) is 47.1 Å². The summed E-state index contributed by atoms with van der Waals surface area (Å²) in [6.45, 7) is 3.76. The van der Waals surface area contributed by atoms with Gasteiger partial charge in [-0.15, -0.1) is 5.10 Å². The second-order valence-corrected chi connectivity index (χ2v) is 7.35. The second-order valence-electron chi connectivity index (χ2n) is 6.91. The van der Waals surface area contributed by atoms with Gasteiger partial charge in [-0.05, 0) is 49.2 Å². The summed E-state index contributed by atoms with van der Waals surface area (Å²) < 4.78 is 0. The first-order chi connectivity index (χ1) is 12.7. The number of benzene rings is 1. The van der Waals surface area contributed by atoms with Crippen molar-refractivity contribution in [3.63, 3.8) is 0 Å². The average molecular weight is 372 g/mol. The van der Waals surface area contributed by atoms with Gasteiger partial charge in [-0.1, -0.05) is 11.6 Å². The Labute approximate surface area is 158 Å². The fourth-order valence-electron chi connectivity index (χ4n) is 3.17. The summed E-state index contributed by atoms with van der Waals surface area (Å²) in [5, 5.41) is 12.3. The molecule has 6 nitrogen and oxygen atoms in total. The topological polar surface area (TPSA) is 61.4 Å². The van der Waals surface area contributed by atoms with E-state index in [0.29, 0.717) is 17.5 Å². The summed E-state index contributed by atoms with van der Waals surface area (Å²) in [5.74, 6) is 1.56. The highest BCUT2D eigenvalue weighted by molar-refractivity contribution is 6.30. The Morgan fingerprint density at radius 2 is 1.77 bits per heavy atom. The van der Waals surface area contributed by atoms with Gasteiger partial charge in [0.2, 0.25) is 5.91 Å². The van der Waals surface area contributed by atoms with Crippen molar-refractivity contribution in [2.24, 2.45) is 0 Å². The van der Waals surface area contributed by atoms with E-state index >= 15 is 0 Å². The third-order valence-corrected chi connectivity index (χ3v) is 5.11. The van der Waals surface area contributed by atoms with Crippen molar-refractivity contribution in [3.8, 4) is 0 Å². The van der Waals surface area contributed by atoms with E-state index in [9.17, 15) is 4.79 Å². The summed E-state index contributed by atoms with van der Waals surface area (Å²) in [5.41, 5.74) is 1.88. The Hall–Kier alpha value is -2.18. The van der Waals surface area contributed by atoms with E-state index in [1.807, 2.05) is 12.1 Å². The monoisotopic (exact) mass is 371 g/mol. The average Bonchev–Trinajstić information content (AvgIpc) is 3.50. The van der Waals surface area contributed by atoms with Crippen LogP contribution in [0.25, 0.3) is 0 Å². The molecule has 1 aromatic heterocycles. The van der Waals surface area contributed by atoms with Crippen LogP contribution in [0.4, 0.5) is 11.5 Å². The van der Waals surface area contributed by atoms with E-state index in [-0.39, 0.29) is 5.91 Å². The van der Waals surface area contributed by atoms with Crippen molar-refractivity contribution in [1.82, 2.24) is 15.1 Å². The van der Waals surface area contributed by atoms with Crippen LogP contribution in [-0.2, 0) is 4.79 Å². The molecule has 0 unspecified atom stereocenters. The molecule has 2 fully saturated rings. The molecule has 136 valence electrons. The number of hydrogen-bond donors (Lipinski definition) is 1. The van der Waals surface area contributed by atoms with E-state index in [2.05, 4.69) is 37.4 Å². The Kier molecular flexibility index (Phi) is 5.04. The first kappa shape index (κ1) is 17.2. The molecule has 2 aromatic rings. The lowest BCUT2D eigenvalue weighted by atomic mass is 10.2. The number of amides is 1. The van der Waals surface area contributed by atoms with Gasteiger partial charge in [0.05, 0.1) is 12.2 Å². The number of halogens is 1. The van der Waals surface area contributed by atoms with E-state index in [0.717, 1.165) is 43.4 Å². The van der Waals surface area contributed by atoms with Crippen LogP contribution in [0.5, 0.6) is 0 Å². The first-order valence-corrected chi connectivity index (χ1v) is 9.41. The molecule has 1 aliphatic carbocycles. The van der Waals surface area contributed by atoms with Crippen LogP contribution >= 0.6 is 11.6 Å². The van der Waals surface area contributed by atoms with Crippen molar-refractivity contribution in [2.75, 3.05) is 42.9 Å². The standard InChI is InChI=1S/C19H22ClN5O/c20-15-3-5-16(6-4-15)21-19(26)13-24-9-11-25(12-10-24)18-8-7-17(22-23-18)14-1-2-14/h3-8,14H,1-2,9-13H2,(H,21,26). The van der Waals surface area contributed by atoms with E-state index in [1.165, 1.54) is 12.8 Å². The quantitative estimate of drug-likeness (QED) is 0.875. The molecule has 4 rings (SSSR count). The maximum absolute atomic E-state index is 12.2. The number of rotatable bonds is 5. The molecular formula is C19H22ClN5O. The summed E-state index contributed by atoms with van der Waals surface area (Å²) in [4.78, 5) is 16.6. The molecule has 7 heteroatoms. The van der Waals surface area contributed by atoms with Crippen LogP contribution < -0.4 is 10.2 Å². The number of nitrogens with zero attached hydrogens (tertiary/aromatic N) is 4. The number of aromatic nitrogens is 2. The summed E-state index contributed by atoms with van der Waals surface area (Å²) >= 11 is 5.86. The van der Waals surface area contributed by atoms with E-state index in [4.69, 9.17) is 11.6 Å². The maximum atomic E-state index is 12.2. The van der Waals surface area contributed by atoms with Crippen LogP contribution in [-0.4, -0.2) is 53.7 Å². The fourth-order valence-corrected chi connectivity index (χ4v) is 3.30. The van der Waals surface area contributed by atoms with Gasteiger partial charge < -0.3 is 10.2 Å². The molecule has 0 spiro atoms. The van der Waals surface area contributed by atoms with Crippen LogP contribution in [0.15, 0.2) is 36.4 Å². The smallest absolute Gasteiger partial charge is 0.238 e. The van der Waals surface area contributed by atoms with Gasteiger partial charge in [-0.25, -0.2) is 0 Å². The molecule has 1 saturated carbocycles. The normalized spacial score (nSPS) is 18.0. The lowest BCUT2D eigenvalue weighted by Gasteiger charge is -2.34. The molecule has 1 amide bonds. The number of hydrogen-bond acceptors (Lipinski definition) is 5. The second kappa shape index (κ2) is 7.60. The zero-order valence-electron chi connectivity index (χ0n) is 14.6. The first-order valence-electron chi connectivity index (χ1n) is 9.04. The summed E-state index contributed by atoms with van der Waals surface area (Å²) in [6, 6.07) is 11.3. The zero-order chi connectivity index (χ0) is 17.9. The lowest BCUT2D eigenvalue weighted by Crippen LogP contribution is -2.49. The molecule has 1 saturated heterocycles. The molecule has 0 atom stereocenters. The van der Waals surface area contributed by atoms with Gasteiger partial charge in [0.1, 0.15) is 0 Å². The zero-order valence-corrected chi connectivity index (χ0v) is 15.3. The minimum atomic E-state index is -0.00523. The maximum Gasteiger partial charge on any atom is 0.238 e. The highest BCUT2D eigenvalue weighted by atomic mass is 35.5.